The molecule has 0 bridgehead atoms. The van der Waals surface area contributed by atoms with Gasteiger partial charge in [-0.25, -0.2) is 0 Å². The Kier molecular flexibility index (Phi) is 6.96. The molecule has 5 nitrogen and oxygen atoms in total. The third-order valence-corrected chi connectivity index (χ3v) is 7.32. The summed E-state index contributed by atoms with van der Waals surface area (Å²) in [5, 5.41) is 0. The zero-order chi connectivity index (χ0) is 24.2. The molecular weight excluding hydrogens is 434 g/mol. The van der Waals surface area contributed by atoms with E-state index >= 15 is 0 Å². The first-order valence-electron chi connectivity index (χ1n) is 12.6. The van der Waals surface area contributed by atoms with Gasteiger partial charge < -0.3 is 9.80 Å². The molecular formula is C30H33N3O2. The minimum atomic E-state index is -0.352. The number of amides is 2. The van der Waals surface area contributed by atoms with Crippen LogP contribution >= 0.6 is 0 Å². The molecule has 5 rings (SSSR count). The zero-order valence-corrected chi connectivity index (χ0v) is 20.3. The minimum Gasteiger partial charge on any atom is -0.338 e. The van der Waals surface area contributed by atoms with Crippen LogP contribution in [0.15, 0.2) is 84.9 Å². The van der Waals surface area contributed by atoms with E-state index in [4.69, 9.17) is 0 Å². The van der Waals surface area contributed by atoms with Crippen molar-refractivity contribution in [3.8, 4) is 0 Å². The van der Waals surface area contributed by atoms with Crippen molar-refractivity contribution in [2.45, 2.75) is 31.8 Å². The molecule has 2 aliphatic rings. The first-order valence-corrected chi connectivity index (χ1v) is 12.6. The third kappa shape index (κ3) is 5.01. The highest BCUT2D eigenvalue weighted by atomic mass is 16.2. The molecule has 2 fully saturated rings. The van der Waals surface area contributed by atoms with E-state index < -0.39 is 0 Å². The van der Waals surface area contributed by atoms with Gasteiger partial charge in [-0.1, -0.05) is 78.4 Å². The highest BCUT2D eigenvalue weighted by molar-refractivity contribution is 5.98. The van der Waals surface area contributed by atoms with Crippen LogP contribution in [-0.2, 0) is 4.79 Å². The summed E-state index contributed by atoms with van der Waals surface area (Å²) in [5.74, 6) is 0.0614. The number of hydrogen-bond donors (Lipinski definition) is 0. The van der Waals surface area contributed by atoms with Gasteiger partial charge >= 0.3 is 0 Å². The normalized spacial score (nSPS) is 18.7. The van der Waals surface area contributed by atoms with Crippen LogP contribution in [0.3, 0.4) is 0 Å². The summed E-state index contributed by atoms with van der Waals surface area (Å²) < 4.78 is 0. The Bertz CT molecular complexity index is 1100. The van der Waals surface area contributed by atoms with Crippen LogP contribution in [0.2, 0.25) is 0 Å². The van der Waals surface area contributed by atoms with E-state index in [-0.39, 0.29) is 23.9 Å². The molecule has 2 amide bonds. The lowest BCUT2D eigenvalue weighted by atomic mass is 9.96. The van der Waals surface area contributed by atoms with E-state index in [1.165, 1.54) is 11.1 Å². The maximum atomic E-state index is 13.5. The van der Waals surface area contributed by atoms with E-state index in [1.807, 2.05) is 48.2 Å². The minimum absolute atomic E-state index is 0.0345. The molecule has 3 aromatic carbocycles. The standard InChI is InChI=1S/C30H33N3O2/c1-23-14-16-26(17-15-23)29(34)33-18-8-13-27(33)30(35)32-21-19-31(20-22-32)28(24-9-4-2-5-10-24)25-11-6-3-7-12-25/h2-7,9-12,14-17,27-28H,8,13,18-22H2,1H3. The fourth-order valence-corrected chi connectivity index (χ4v) is 5.42. The van der Waals surface area contributed by atoms with Gasteiger partial charge in [0.25, 0.3) is 5.91 Å². The third-order valence-electron chi connectivity index (χ3n) is 7.32. The molecule has 1 atom stereocenters. The highest BCUT2D eigenvalue weighted by Crippen LogP contribution is 2.30. The molecule has 35 heavy (non-hydrogen) atoms. The average Bonchev–Trinajstić information content (AvgIpc) is 3.40. The highest BCUT2D eigenvalue weighted by Gasteiger charge is 2.38. The lowest BCUT2D eigenvalue weighted by Gasteiger charge is -2.41. The van der Waals surface area contributed by atoms with Crippen LogP contribution in [0.25, 0.3) is 0 Å². The van der Waals surface area contributed by atoms with Crippen molar-refractivity contribution >= 4 is 11.8 Å². The van der Waals surface area contributed by atoms with Crippen molar-refractivity contribution in [3.05, 3.63) is 107 Å². The van der Waals surface area contributed by atoms with E-state index in [2.05, 4.69) is 53.4 Å². The van der Waals surface area contributed by atoms with Crippen molar-refractivity contribution in [2.24, 2.45) is 0 Å². The van der Waals surface area contributed by atoms with Gasteiger partial charge in [-0.05, 0) is 43.0 Å². The molecule has 2 heterocycles. The average molecular weight is 468 g/mol. The smallest absolute Gasteiger partial charge is 0.254 e. The van der Waals surface area contributed by atoms with Crippen LogP contribution in [0, 0.1) is 6.92 Å². The topological polar surface area (TPSA) is 43.9 Å². The number of piperazine rings is 1. The summed E-state index contributed by atoms with van der Waals surface area (Å²) >= 11 is 0. The number of hydrogen-bond acceptors (Lipinski definition) is 3. The Balaban J connectivity index is 1.27. The maximum Gasteiger partial charge on any atom is 0.254 e. The molecule has 0 N–H and O–H groups in total. The Morgan fingerprint density at radius 3 is 1.89 bits per heavy atom. The van der Waals surface area contributed by atoms with Crippen LogP contribution in [0.5, 0.6) is 0 Å². The van der Waals surface area contributed by atoms with Crippen LogP contribution in [0.1, 0.15) is 45.9 Å². The first-order chi connectivity index (χ1) is 17.1. The second-order valence-corrected chi connectivity index (χ2v) is 9.61. The van der Waals surface area contributed by atoms with Gasteiger partial charge in [0.1, 0.15) is 6.04 Å². The first kappa shape index (κ1) is 23.3. The number of aryl methyl sites for hydroxylation is 1. The maximum absolute atomic E-state index is 13.5. The van der Waals surface area contributed by atoms with Crippen molar-refractivity contribution in [3.63, 3.8) is 0 Å². The molecule has 3 aromatic rings. The number of benzene rings is 3. The van der Waals surface area contributed by atoms with Crippen molar-refractivity contribution in [2.75, 3.05) is 32.7 Å². The second kappa shape index (κ2) is 10.4. The SMILES string of the molecule is Cc1ccc(C(=O)N2CCCC2C(=O)N2CCN(C(c3ccccc3)c3ccccc3)CC2)cc1. The van der Waals surface area contributed by atoms with Gasteiger partial charge in [-0.15, -0.1) is 0 Å². The van der Waals surface area contributed by atoms with Gasteiger partial charge in [0.2, 0.25) is 5.91 Å². The summed E-state index contributed by atoms with van der Waals surface area (Å²) in [6.07, 6.45) is 1.62. The monoisotopic (exact) mass is 467 g/mol. The predicted molar refractivity (Wildman–Crippen MR) is 138 cm³/mol. The van der Waals surface area contributed by atoms with Gasteiger partial charge in [-0.2, -0.15) is 0 Å². The largest absolute Gasteiger partial charge is 0.338 e. The lowest BCUT2D eigenvalue weighted by molar-refractivity contribution is -0.137. The Labute approximate surface area is 208 Å². The number of carbonyl (C=O) groups is 2. The molecule has 0 aromatic heterocycles. The van der Waals surface area contributed by atoms with Gasteiger partial charge in [0.15, 0.2) is 0 Å². The second-order valence-electron chi connectivity index (χ2n) is 9.61. The van der Waals surface area contributed by atoms with Crippen LogP contribution < -0.4 is 0 Å². The molecule has 0 radical (unpaired) electrons. The van der Waals surface area contributed by atoms with E-state index in [9.17, 15) is 9.59 Å². The lowest BCUT2D eigenvalue weighted by Crippen LogP contribution is -2.55. The Morgan fingerprint density at radius 2 is 1.31 bits per heavy atom. The fraction of sp³-hybridized carbons (Fsp3) is 0.333. The Hall–Kier alpha value is -3.44. The van der Waals surface area contributed by atoms with Crippen molar-refractivity contribution in [1.82, 2.24) is 14.7 Å². The summed E-state index contributed by atoms with van der Waals surface area (Å²) in [6, 6.07) is 28.6. The predicted octanol–water partition coefficient (Wildman–Crippen LogP) is 4.53. The fourth-order valence-electron chi connectivity index (χ4n) is 5.42. The zero-order valence-electron chi connectivity index (χ0n) is 20.3. The summed E-state index contributed by atoms with van der Waals surface area (Å²) in [5.41, 5.74) is 4.32. The van der Waals surface area contributed by atoms with E-state index in [0.717, 1.165) is 31.5 Å². The Morgan fingerprint density at radius 1 is 0.743 bits per heavy atom. The number of rotatable bonds is 5. The molecule has 0 aliphatic carbocycles. The molecule has 0 spiro atoms. The van der Waals surface area contributed by atoms with Crippen molar-refractivity contribution < 1.29 is 9.59 Å². The van der Waals surface area contributed by atoms with Crippen molar-refractivity contribution in [1.29, 1.82) is 0 Å². The van der Waals surface area contributed by atoms with E-state index in [0.29, 0.717) is 25.2 Å². The summed E-state index contributed by atoms with van der Waals surface area (Å²) in [7, 11) is 0. The van der Waals surface area contributed by atoms with Gasteiger partial charge in [0.05, 0.1) is 6.04 Å². The summed E-state index contributed by atoms with van der Waals surface area (Å²) in [6.45, 7) is 5.62. The molecule has 1 unspecified atom stereocenters. The number of carbonyl (C=O) groups excluding carboxylic acids is 2. The number of likely N-dealkylation sites (tertiary alicyclic amines) is 1. The molecule has 180 valence electrons. The quantitative estimate of drug-likeness (QED) is 0.554. The summed E-state index contributed by atoms with van der Waals surface area (Å²) in [4.78, 5) is 32.9. The molecule has 2 aliphatic heterocycles. The van der Waals surface area contributed by atoms with Crippen LogP contribution in [0.4, 0.5) is 0 Å². The van der Waals surface area contributed by atoms with Gasteiger partial charge in [-0.3, -0.25) is 14.5 Å². The molecule has 5 heteroatoms. The van der Waals surface area contributed by atoms with Gasteiger partial charge in [0, 0.05) is 38.3 Å². The molecule has 0 saturated carbocycles. The van der Waals surface area contributed by atoms with Crippen LogP contribution in [-0.4, -0.2) is 65.3 Å². The number of nitrogens with zero attached hydrogens (tertiary/aromatic N) is 3. The van der Waals surface area contributed by atoms with E-state index in [1.54, 1.807) is 4.90 Å². The molecule has 2 saturated heterocycles.